The summed E-state index contributed by atoms with van der Waals surface area (Å²) in [5.41, 5.74) is 15.5. The molecule has 0 N–H and O–H groups in total. The van der Waals surface area contributed by atoms with Crippen LogP contribution in [0.1, 0.15) is 45.4 Å². The predicted octanol–water partition coefficient (Wildman–Crippen LogP) is 3.38. The van der Waals surface area contributed by atoms with E-state index < -0.39 is 10.2 Å². The molecule has 0 amide bonds. The van der Waals surface area contributed by atoms with Gasteiger partial charge >= 0.3 is 10.2 Å². The summed E-state index contributed by atoms with van der Waals surface area (Å²) in [5.74, 6) is 0. The minimum absolute atomic E-state index is 0.476. The minimum Gasteiger partial charge on any atom is -0.373 e. The molecule has 3 rings (SSSR count). The summed E-state index contributed by atoms with van der Waals surface area (Å²) < 4.78 is 40.3. The van der Waals surface area contributed by atoms with E-state index in [0.29, 0.717) is 23.7 Å². The SMILES string of the molecule is CC(CCC1CO1)(CCC1CO1)CCC1CO1.[N-]=[N+]=NS(=O)(=O)N=[N+]=[N-]. The van der Waals surface area contributed by atoms with Crippen molar-refractivity contribution in [3.05, 3.63) is 20.9 Å². The zero-order valence-corrected chi connectivity index (χ0v) is 15.5. The molecule has 3 heterocycles. The molecule has 146 valence electrons. The molecule has 0 bridgehead atoms. The average Bonchev–Trinajstić information content (AvgIpc) is 3.46. The highest BCUT2D eigenvalue weighted by Crippen LogP contribution is 2.39. The fraction of sp³-hybridized carbons (Fsp3) is 1.00. The van der Waals surface area contributed by atoms with Gasteiger partial charge in [-0.15, -0.1) is 0 Å². The fourth-order valence-electron chi connectivity index (χ4n) is 2.72. The Morgan fingerprint density at radius 1 is 0.885 bits per heavy atom. The van der Waals surface area contributed by atoms with Crippen LogP contribution < -0.4 is 0 Å². The van der Waals surface area contributed by atoms with Crippen molar-refractivity contribution in [1.29, 1.82) is 0 Å². The van der Waals surface area contributed by atoms with Crippen molar-refractivity contribution < 1.29 is 22.6 Å². The van der Waals surface area contributed by atoms with Crippen molar-refractivity contribution >= 4 is 10.2 Å². The summed E-state index contributed by atoms with van der Waals surface area (Å²) >= 11 is 0. The maximum absolute atomic E-state index is 9.99. The third-order valence-electron chi connectivity index (χ3n) is 4.70. The van der Waals surface area contributed by atoms with Gasteiger partial charge in [0.1, 0.15) is 0 Å². The van der Waals surface area contributed by atoms with Gasteiger partial charge in [-0.3, -0.25) is 0 Å². The van der Waals surface area contributed by atoms with Crippen LogP contribution in [0.15, 0.2) is 9.04 Å². The number of nitrogens with zero attached hydrogens (tertiary/aromatic N) is 6. The lowest BCUT2D eigenvalue weighted by molar-refractivity contribution is 0.202. The lowest BCUT2D eigenvalue weighted by Gasteiger charge is -2.29. The quantitative estimate of drug-likeness (QED) is 0.228. The molecule has 0 aliphatic carbocycles. The monoisotopic (exact) mass is 388 g/mol. The molecule has 3 aliphatic heterocycles. The molecule has 3 atom stereocenters. The van der Waals surface area contributed by atoms with E-state index in [1.165, 1.54) is 38.5 Å². The molecular formula is C14H24N6O5S. The number of rotatable bonds is 11. The molecule has 0 radical (unpaired) electrons. The van der Waals surface area contributed by atoms with Crippen molar-refractivity contribution in [2.45, 2.75) is 63.8 Å². The van der Waals surface area contributed by atoms with E-state index in [9.17, 15) is 8.42 Å². The highest BCUT2D eigenvalue weighted by Gasteiger charge is 2.34. The molecule has 3 aliphatic rings. The zero-order valence-electron chi connectivity index (χ0n) is 14.7. The Morgan fingerprint density at radius 2 is 1.19 bits per heavy atom. The standard InChI is InChI=1S/C14H24O3.N6O2S/c1-14(5-2-11-8-15-11,6-3-12-9-16-12)7-4-13-10-17-13;1-3-5-9(7,8)6-4-2/h11-13H,2-10H2,1H3;. The highest BCUT2D eigenvalue weighted by atomic mass is 32.2. The largest absolute Gasteiger partial charge is 0.373 e. The van der Waals surface area contributed by atoms with Gasteiger partial charge in [0.2, 0.25) is 0 Å². The van der Waals surface area contributed by atoms with Gasteiger partial charge in [0.15, 0.2) is 0 Å². The molecule has 0 spiro atoms. The van der Waals surface area contributed by atoms with Crippen molar-refractivity contribution in [3.8, 4) is 0 Å². The van der Waals surface area contributed by atoms with Crippen molar-refractivity contribution in [2.75, 3.05) is 19.8 Å². The van der Waals surface area contributed by atoms with Crippen LogP contribution in [0.25, 0.3) is 20.9 Å². The molecule has 0 aromatic rings. The van der Waals surface area contributed by atoms with Gasteiger partial charge in [-0.2, -0.15) is 0 Å². The number of epoxide rings is 3. The second-order valence-corrected chi connectivity index (χ2v) is 8.30. The Bertz CT molecular complexity index is 597. The zero-order chi connectivity index (χ0) is 19.0. The topological polar surface area (TPSA) is 169 Å². The first-order valence-corrected chi connectivity index (χ1v) is 9.98. The lowest BCUT2D eigenvalue weighted by Crippen LogP contribution is -2.19. The highest BCUT2D eigenvalue weighted by molar-refractivity contribution is 7.88. The number of hydrogen-bond acceptors (Lipinski definition) is 5. The Balaban J connectivity index is 0.000000232. The van der Waals surface area contributed by atoms with Gasteiger partial charge in [0.05, 0.1) is 38.1 Å². The lowest BCUT2D eigenvalue weighted by atomic mass is 9.76. The van der Waals surface area contributed by atoms with E-state index in [1.807, 2.05) is 9.82 Å². The smallest absolute Gasteiger partial charge is 0.321 e. The van der Waals surface area contributed by atoms with E-state index in [1.54, 1.807) is 0 Å². The maximum Gasteiger partial charge on any atom is 0.321 e. The number of hydrogen-bond donors (Lipinski definition) is 0. The van der Waals surface area contributed by atoms with E-state index in [0.717, 1.165) is 19.8 Å². The summed E-state index contributed by atoms with van der Waals surface area (Å²) in [6.07, 6.45) is 9.36. The third kappa shape index (κ3) is 9.23. The molecular weight excluding hydrogens is 364 g/mol. The average molecular weight is 388 g/mol. The molecule has 3 fully saturated rings. The summed E-state index contributed by atoms with van der Waals surface area (Å²) in [5, 5.41) is 0. The van der Waals surface area contributed by atoms with Gasteiger partial charge in [-0.1, -0.05) is 6.92 Å². The molecule has 3 saturated heterocycles. The molecule has 0 saturated carbocycles. The Hall–Kier alpha value is -1.55. The van der Waals surface area contributed by atoms with Crippen LogP contribution in [0.4, 0.5) is 0 Å². The van der Waals surface area contributed by atoms with Gasteiger partial charge < -0.3 is 14.2 Å². The summed E-state index contributed by atoms with van der Waals surface area (Å²) in [6.45, 7) is 5.43. The Kier molecular flexibility index (Phi) is 7.51. The van der Waals surface area contributed by atoms with Crippen LogP contribution in [0.5, 0.6) is 0 Å². The molecule has 12 heteroatoms. The number of azide groups is 1. The van der Waals surface area contributed by atoms with Crippen LogP contribution in [-0.2, 0) is 24.4 Å². The van der Waals surface area contributed by atoms with Gasteiger partial charge in [-0.25, -0.2) is 8.42 Å². The minimum atomic E-state index is -4.27. The molecule has 11 nitrogen and oxygen atoms in total. The van der Waals surface area contributed by atoms with Gasteiger partial charge in [0.25, 0.3) is 0 Å². The van der Waals surface area contributed by atoms with E-state index >= 15 is 0 Å². The van der Waals surface area contributed by atoms with Crippen LogP contribution in [-0.4, -0.2) is 46.6 Å². The second kappa shape index (κ2) is 9.40. The summed E-state index contributed by atoms with van der Waals surface area (Å²) in [6, 6.07) is 0. The molecule has 0 aromatic carbocycles. The summed E-state index contributed by atoms with van der Waals surface area (Å²) in [7, 11) is -4.27. The van der Waals surface area contributed by atoms with Crippen molar-refractivity contribution in [1.82, 2.24) is 0 Å². The van der Waals surface area contributed by atoms with Crippen molar-refractivity contribution in [3.63, 3.8) is 0 Å². The van der Waals surface area contributed by atoms with Crippen LogP contribution in [0.3, 0.4) is 0 Å². The Morgan fingerprint density at radius 3 is 1.42 bits per heavy atom. The van der Waals surface area contributed by atoms with Crippen molar-refractivity contribution in [2.24, 2.45) is 14.5 Å². The van der Waals surface area contributed by atoms with E-state index in [2.05, 4.69) is 16.0 Å². The van der Waals surface area contributed by atoms with Crippen LogP contribution >= 0.6 is 0 Å². The molecule has 3 unspecified atom stereocenters. The summed E-state index contributed by atoms with van der Waals surface area (Å²) in [4.78, 5) is 3.80. The second-order valence-electron chi connectivity index (χ2n) is 7.08. The fourth-order valence-corrected chi connectivity index (χ4v) is 2.93. The van der Waals surface area contributed by atoms with Crippen LogP contribution in [0, 0.1) is 5.41 Å². The predicted molar refractivity (Wildman–Crippen MR) is 92.2 cm³/mol. The van der Waals surface area contributed by atoms with Crippen LogP contribution in [0.2, 0.25) is 0 Å². The maximum atomic E-state index is 9.99. The van der Waals surface area contributed by atoms with E-state index in [4.69, 9.17) is 25.3 Å². The molecule has 26 heavy (non-hydrogen) atoms. The van der Waals surface area contributed by atoms with Gasteiger partial charge in [-0.05, 0) is 55.0 Å². The first-order chi connectivity index (χ1) is 12.4. The van der Waals surface area contributed by atoms with E-state index in [-0.39, 0.29) is 0 Å². The Labute approximate surface area is 152 Å². The first kappa shape index (κ1) is 20.8. The molecule has 0 aromatic heterocycles. The first-order valence-electron chi connectivity index (χ1n) is 8.58. The third-order valence-corrected chi connectivity index (χ3v) is 5.25. The van der Waals surface area contributed by atoms with Gasteiger partial charge in [0, 0.05) is 18.9 Å². The number of ether oxygens (including phenoxy) is 3. The normalized spacial score (nSPS) is 27.7.